The molecule has 6 heteroatoms. The van der Waals surface area contributed by atoms with Gasteiger partial charge >= 0.3 is 12.0 Å². The van der Waals surface area contributed by atoms with Crippen LogP contribution in [-0.2, 0) is 0 Å². The maximum atomic E-state index is 11.8. The Labute approximate surface area is 129 Å². The molecule has 0 heterocycles. The second kappa shape index (κ2) is 8.52. The molecule has 21 heavy (non-hydrogen) atoms. The molecule has 0 aliphatic carbocycles. The minimum absolute atomic E-state index is 0.00978. The van der Waals surface area contributed by atoms with Gasteiger partial charge in [-0.1, -0.05) is 37.8 Å². The van der Waals surface area contributed by atoms with E-state index in [0.717, 1.165) is 25.7 Å². The van der Waals surface area contributed by atoms with Crippen LogP contribution in [0.15, 0.2) is 18.2 Å². The number of carboxylic acids is 1. The molecule has 1 rings (SSSR count). The molecule has 1 aromatic carbocycles. The maximum Gasteiger partial charge on any atom is 0.337 e. The topological polar surface area (TPSA) is 78.4 Å². The molecular weight excluding hydrogens is 292 g/mol. The van der Waals surface area contributed by atoms with Crippen molar-refractivity contribution in [2.75, 3.05) is 5.32 Å². The van der Waals surface area contributed by atoms with Crippen molar-refractivity contribution in [3.8, 4) is 0 Å². The van der Waals surface area contributed by atoms with Gasteiger partial charge in [0.05, 0.1) is 10.6 Å². The quantitative estimate of drug-likeness (QED) is 0.662. The summed E-state index contributed by atoms with van der Waals surface area (Å²) in [6, 6.07) is 4.07. The molecule has 3 N–H and O–H groups in total. The number of nitrogens with one attached hydrogen (secondary N) is 2. The van der Waals surface area contributed by atoms with E-state index in [-0.39, 0.29) is 22.7 Å². The highest BCUT2D eigenvalue weighted by molar-refractivity contribution is 6.33. The summed E-state index contributed by atoms with van der Waals surface area (Å²) < 4.78 is 0. The number of unbranched alkanes of at least 4 members (excludes halogenated alkanes) is 2. The van der Waals surface area contributed by atoms with Crippen LogP contribution in [0, 0.1) is 0 Å². The summed E-state index contributed by atoms with van der Waals surface area (Å²) in [7, 11) is 0. The normalized spacial score (nSPS) is 11.8. The number of urea groups is 1. The van der Waals surface area contributed by atoms with E-state index in [2.05, 4.69) is 17.6 Å². The number of hydrogen-bond acceptors (Lipinski definition) is 2. The Kier molecular flexibility index (Phi) is 7.02. The smallest absolute Gasteiger partial charge is 0.337 e. The van der Waals surface area contributed by atoms with Crippen LogP contribution in [0.25, 0.3) is 0 Å². The summed E-state index contributed by atoms with van der Waals surface area (Å²) >= 11 is 5.85. The number of halogens is 1. The molecule has 0 saturated carbocycles. The fraction of sp³-hybridized carbons (Fsp3) is 0.467. The van der Waals surface area contributed by atoms with Gasteiger partial charge in [0.15, 0.2) is 0 Å². The fourth-order valence-corrected chi connectivity index (χ4v) is 2.19. The second-order valence-corrected chi connectivity index (χ2v) is 5.40. The van der Waals surface area contributed by atoms with Crippen LogP contribution in [-0.4, -0.2) is 23.1 Å². The molecule has 0 fully saturated rings. The van der Waals surface area contributed by atoms with Crippen molar-refractivity contribution < 1.29 is 14.7 Å². The molecule has 0 aliphatic heterocycles. The molecule has 116 valence electrons. The van der Waals surface area contributed by atoms with Gasteiger partial charge in [-0.05, 0) is 31.5 Å². The lowest BCUT2D eigenvalue weighted by Crippen LogP contribution is -2.36. The lowest BCUT2D eigenvalue weighted by Gasteiger charge is -2.14. The van der Waals surface area contributed by atoms with Crippen molar-refractivity contribution in [1.29, 1.82) is 0 Å². The van der Waals surface area contributed by atoms with E-state index in [0.29, 0.717) is 5.69 Å². The molecule has 5 nitrogen and oxygen atoms in total. The highest BCUT2D eigenvalue weighted by atomic mass is 35.5. The summed E-state index contributed by atoms with van der Waals surface area (Å²) in [6.45, 7) is 4.09. The number of amides is 2. The minimum Gasteiger partial charge on any atom is -0.478 e. The predicted molar refractivity (Wildman–Crippen MR) is 84.2 cm³/mol. The second-order valence-electron chi connectivity index (χ2n) is 5.00. The lowest BCUT2D eigenvalue weighted by molar-refractivity contribution is 0.0697. The summed E-state index contributed by atoms with van der Waals surface area (Å²) in [6.07, 6.45) is 4.31. The number of carbonyl (C=O) groups is 2. The largest absolute Gasteiger partial charge is 0.478 e. The number of carboxylic acid groups (broad SMARTS) is 1. The number of carbonyl (C=O) groups excluding carboxylic acids is 1. The Morgan fingerprint density at radius 3 is 2.62 bits per heavy atom. The Hall–Kier alpha value is -1.75. The van der Waals surface area contributed by atoms with Crippen molar-refractivity contribution in [3.63, 3.8) is 0 Å². The van der Waals surface area contributed by atoms with E-state index < -0.39 is 5.97 Å². The molecule has 0 spiro atoms. The van der Waals surface area contributed by atoms with Crippen molar-refractivity contribution in [1.82, 2.24) is 5.32 Å². The van der Waals surface area contributed by atoms with Crippen LogP contribution in [0.4, 0.5) is 10.5 Å². The van der Waals surface area contributed by atoms with Gasteiger partial charge in [0.25, 0.3) is 0 Å². The molecule has 0 saturated heterocycles. The van der Waals surface area contributed by atoms with Gasteiger partial charge < -0.3 is 15.7 Å². The zero-order valence-electron chi connectivity index (χ0n) is 12.3. The van der Waals surface area contributed by atoms with Gasteiger partial charge in [0, 0.05) is 11.7 Å². The molecule has 0 aliphatic rings. The number of hydrogen-bond donors (Lipinski definition) is 3. The van der Waals surface area contributed by atoms with Crippen LogP contribution in [0.5, 0.6) is 0 Å². The first-order valence-electron chi connectivity index (χ1n) is 7.04. The Morgan fingerprint density at radius 1 is 1.33 bits per heavy atom. The average Bonchev–Trinajstić information content (AvgIpc) is 2.38. The van der Waals surface area contributed by atoms with E-state index in [1.54, 1.807) is 0 Å². The monoisotopic (exact) mass is 312 g/mol. The third kappa shape index (κ3) is 6.04. The van der Waals surface area contributed by atoms with Crippen molar-refractivity contribution in [2.45, 2.75) is 45.6 Å². The molecule has 1 unspecified atom stereocenters. The summed E-state index contributed by atoms with van der Waals surface area (Å²) in [5, 5.41) is 14.4. The maximum absolute atomic E-state index is 11.8. The van der Waals surface area contributed by atoms with Crippen LogP contribution in [0.1, 0.15) is 49.9 Å². The Bertz CT molecular complexity index is 506. The van der Waals surface area contributed by atoms with Crippen LogP contribution >= 0.6 is 11.6 Å². The minimum atomic E-state index is -1.10. The van der Waals surface area contributed by atoms with Crippen molar-refractivity contribution in [2.24, 2.45) is 0 Å². The average molecular weight is 313 g/mol. The number of rotatable bonds is 7. The van der Waals surface area contributed by atoms with Crippen LogP contribution < -0.4 is 10.6 Å². The van der Waals surface area contributed by atoms with Gasteiger partial charge in [-0.3, -0.25) is 0 Å². The van der Waals surface area contributed by atoms with Crippen LogP contribution in [0.3, 0.4) is 0 Å². The number of anilines is 1. The summed E-state index contributed by atoms with van der Waals surface area (Å²) in [4.78, 5) is 22.6. The Balaban J connectivity index is 2.51. The van der Waals surface area contributed by atoms with Crippen molar-refractivity contribution in [3.05, 3.63) is 28.8 Å². The molecule has 1 atom stereocenters. The number of aromatic carboxylic acids is 1. The lowest BCUT2D eigenvalue weighted by atomic mass is 10.1. The molecule has 0 radical (unpaired) electrons. The van der Waals surface area contributed by atoms with Gasteiger partial charge in [0.1, 0.15) is 0 Å². The molecule has 2 amide bonds. The van der Waals surface area contributed by atoms with Gasteiger partial charge in [-0.2, -0.15) is 0 Å². The third-order valence-electron chi connectivity index (χ3n) is 3.08. The van der Waals surface area contributed by atoms with Crippen LogP contribution in [0.2, 0.25) is 5.02 Å². The Morgan fingerprint density at radius 2 is 2.05 bits per heavy atom. The fourth-order valence-electron chi connectivity index (χ4n) is 1.93. The molecule has 0 bridgehead atoms. The zero-order valence-corrected chi connectivity index (χ0v) is 13.0. The van der Waals surface area contributed by atoms with E-state index >= 15 is 0 Å². The molecule has 0 aromatic heterocycles. The van der Waals surface area contributed by atoms with E-state index in [9.17, 15) is 9.59 Å². The predicted octanol–water partition coefficient (Wildman–Crippen LogP) is 4.13. The summed E-state index contributed by atoms with van der Waals surface area (Å²) in [5.41, 5.74) is 0.471. The third-order valence-corrected chi connectivity index (χ3v) is 3.39. The SMILES string of the molecule is CCCCCC(C)NC(=O)Nc1ccc(C(=O)O)c(Cl)c1. The highest BCUT2D eigenvalue weighted by Gasteiger charge is 2.11. The standard InChI is InChI=1S/C15H21ClN2O3/c1-3-4-5-6-10(2)17-15(21)18-11-7-8-12(14(19)20)13(16)9-11/h7-10H,3-6H2,1-2H3,(H,19,20)(H2,17,18,21). The van der Waals surface area contributed by atoms with Gasteiger partial charge in [-0.15, -0.1) is 0 Å². The van der Waals surface area contributed by atoms with E-state index in [1.807, 2.05) is 6.92 Å². The van der Waals surface area contributed by atoms with E-state index in [1.165, 1.54) is 18.2 Å². The first-order chi connectivity index (χ1) is 9.93. The first kappa shape index (κ1) is 17.3. The molecule has 1 aromatic rings. The number of benzene rings is 1. The van der Waals surface area contributed by atoms with Gasteiger partial charge in [0.2, 0.25) is 0 Å². The summed E-state index contributed by atoms with van der Waals surface area (Å²) in [5.74, 6) is -1.10. The first-order valence-corrected chi connectivity index (χ1v) is 7.42. The zero-order chi connectivity index (χ0) is 15.8. The van der Waals surface area contributed by atoms with E-state index in [4.69, 9.17) is 16.7 Å². The van der Waals surface area contributed by atoms with Crippen molar-refractivity contribution >= 4 is 29.3 Å². The molecular formula is C15H21ClN2O3. The highest BCUT2D eigenvalue weighted by Crippen LogP contribution is 2.21. The van der Waals surface area contributed by atoms with Gasteiger partial charge in [-0.25, -0.2) is 9.59 Å².